The molecule has 1 aliphatic heterocycles. The lowest BCUT2D eigenvalue weighted by atomic mass is 10.2. The molecule has 2 aromatic carbocycles. The molecule has 0 aromatic heterocycles. The Hall–Kier alpha value is -2.30. The molecule has 6 heteroatoms. The molecule has 0 bridgehead atoms. The van der Waals surface area contributed by atoms with Crippen molar-refractivity contribution in [2.75, 3.05) is 44.2 Å². The third-order valence-electron chi connectivity index (χ3n) is 4.58. The Balaban J connectivity index is 1.40. The summed E-state index contributed by atoms with van der Waals surface area (Å²) in [6, 6.07) is 15.0. The molecule has 3 rings (SSSR count). The van der Waals surface area contributed by atoms with Gasteiger partial charge in [0.1, 0.15) is 24.4 Å². The lowest BCUT2D eigenvalue weighted by Crippen LogP contribution is -2.49. The Morgan fingerprint density at radius 2 is 1.74 bits per heavy atom. The van der Waals surface area contributed by atoms with Gasteiger partial charge in [0, 0.05) is 49.5 Å². The number of benzene rings is 2. The summed E-state index contributed by atoms with van der Waals surface area (Å²) in [6.45, 7) is 4.45. The van der Waals surface area contributed by atoms with E-state index in [-0.39, 0.29) is 6.61 Å². The van der Waals surface area contributed by atoms with Crippen LogP contribution in [-0.2, 0) is 4.79 Å². The van der Waals surface area contributed by atoms with E-state index in [9.17, 15) is 9.90 Å². The first-order valence-electron chi connectivity index (χ1n) is 8.99. The molecule has 2 aromatic rings. The van der Waals surface area contributed by atoms with Crippen LogP contribution >= 0.6 is 11.6 Å². The fourth-order valence-corrected chi connectivity index (χ4v) is 3.24. The Bertz CT molecular complexity index is 765. The van der Waals surface area contributed by atoms with Crippen molar-refractivity contribution >= 4 is 29.3 Å². The van der Waals surface area contributed by atoms with Gasteiger partial charge < -0.3 is 14.7 Å². The predicted molar refractivity (Wildman–Crippen MR) is 108 cm³/mol. The quantitative estimate of drug-likeness (QED) is 0.741. The summed E-state index contributed by atoms with van der Waals surface area (Å²) in [4.78, 5) is 14.9. The molecule has 0 saturated carbocycles. The standard InChI is InChI=1S/C21H23ClN2O3/c22-18-3-5-19(6-4-18)24-12-10-23(11-13-24)15-20(26)16-27-21-7-1-17(2-8-21)9-14-25/h1-9,20,26H,10-13,15-16H2. The molecular weight excluding hydrogens is 364 g/mol. The third-order valence-corrected chi connectivity index (χ3v) is 4.83. The van der Waals surface area contributed by atoms with Gasteiger partial charge in [-0.2, -0.15) is 0 Å². The highest BCUT2D eigenvalue weighted by Gasteiger charge is 2.19. The number of hydrogen-bond acceptors (Lipinski definition) is 5. The predicted octanol–water partition coefficient (Wildman–Crippen LogP) is 2.75. The number of anilines is 1. The summed E-state index contributed by atoms with van der Waals surface area (Å²) >= 11 is 5.94. The fraction of sp³-hybridized carbons (Fsp3) is 0.333. The molecule has 0 spiro atoms. The van der Waals surface area contributed by atoms with Gasteiger partial charge in [-0.25, -0.2) is 4.79 Å². The highest BCUT2D eigenvalue weighted by Crippen LogP contribution is 2.19. The summed E-state index contributed by atoms with van der Waals surface area (Å²) < 4.78 is 5.63. The van der Waals surface area contributed by atoms with Crippen molar-refractivity contribution in [2.45, 2.75) is 6.10 Å². The molecule has 1 saturated heterocycles. The molecule has 1 atom stereocenters. The minimum Gasteiger partial charge on any atom is -0.491 e. The molecule has 0 amide bonds. The Morgan fingerprint density at radius 1 is 1.07 bits per heavy atom. The normalized spacial score (nSPS) is 15.9. The van der Waals surface area contributed by atoms with Crippen LogP contribution in [0.15, 0.2) is 48.5 Å². The van der Waals surface area contributed by atoms with Crippen LogP contribution in [0.1, 0.15) is 5.56 Å². The summed E-state index contributed by atoms with van der Waals surface area (Å²) in [7, 11) is 0. The summed E-state index contributed by atoms with van der Waals surface area (Å²) in [5.41, 5.74) is 1.95. The molecular formula is C21H23ClN2O3. The Labute approximate surface area is 164 Å². The van der Waals surface area contributed by atoms with Crippen LogP contribution in [0, 0.1) is 0 Å². The van der Waals surface area contributed by atoms with Gasteiger partial charge in [-0.15, -0.1) is 0 Å². The number of aliphatic hydroxyl groups is 1. The monoisotopic (exact) mass is 386 g/mol. The van der Waals surface area contributed by atoms with E-state index in [1.807, 2.05) is 24.3 Å². The zero-order valence-electron chi connectivity index (χ0n) is 15.1. The van der Waals surface area contributed by atoms with Crippen LogP contribution in [0.4, 0.5) is 5.69 Å². The maximum Gasteiger partial charge on any atom is 0.125 e. The number of ether oxygens (including phenoxy) is 1. The number of rotatable bonds is 7. The molecule has 142 valence electrons. The molecule has 1 aliphatic rings. The fourth-order valence-electron chi connectivity index (χ4n) is 3.11. The van der Waals surface area contributed by atoms with Gasteiger partial charge in [0.15, 0.2) is 0 Å². The largest absolute Gasteiger partial charge is 0.491 e. The van der Waals surface area contributed by atoms with E-state index in [0.717, 1.165) is 36.8 Å². The topological polar surface area (TPSA) is 53.0 Å². The van der Waals surface area contributed by atoms with Gasteiger partial charge in [0.25, 0.3) is 0 Å². The van der Waals surface area contributed by atoms with Crippen LogP contribution in [0.2, 0.25) is 5.02 Å². The van der Waals surface area contributed by atoms with E-state index in [1.54, 1.807) is 30.2 Å². The number of piperazine rings is 1. The van der Waals surface area contributed by atoms with Gasteiger partial charge in [-0.1, -0.05) is 23.7 Å². The summed E-state index contributed by atoms with van der Waals surface area (Å²) in [6.07, 6.45) is 0.809. The van der Waals surface area contributed by atoms with E-state index in [0.29, 0.717) is 12.3 Å². The average molecular weight is 387 g/mol. The summed E-state index contributed by atoms with van der Waals surface area (Å²) in [5, 5.41) is 11.0. The van der Waals surface area contributed by atoms with Gasteiger partial charge in [0.05, 0.1) is 0 Å². The molecule has 1 N–H and O–H groups in total. The highest BCUT2D eigenvalue weighted by atomic mass is 35.5. The number of carbonyl (C=O) groups excluding carboxylic acids is 1. The van der Waals surface area contributed by atoms with E-state index in [2.05, 4.69) is 9.80 Å². The minimum absolute atomic E-state index is 0.236. The first-order chi connectivity index (χ1) is 13.1. The molecule has 1 fully saturated rings. The van der Waals surface area contributed by atoms with Gasteiger partial charge >= 0.3 is 0 Å². The van der Waals surface area contributed by atoms with Gasteiger partial charge in [0.2, 0.25) is 0 Å². The second kappa shape index (κ2) is 9.58. The van der Waals surface area contributed by atoms with Gasteiger partial charge in [-0.05, 0) is 42.0 Å². The number of hydrogen-bond donors (Lipinski definition) is 1. The SMILES string of the molecule is O=C=Cc1ccc(OCC(O)CN2CCN(c3ccc(Cl)cc3)CC2)cc1. The number of halogens is 1. The summed E-state index contributed by atoms with van der Waals surface area (Å²) in [5.74, 6) is 2.42. The molecule has 0 aliphatic carbocycles. The lowest BCUT2D eigenvalue weighted by Gasteiger charge is -2.36. The average Bonchev–Trinajstić information content (AvgIpc) is 2.69. The maximum absolute atomic E-state index is 10.3. The van der Waals surface area contributed by atoms with Crippen molar-refractivity contribution in [3.8, 4) is 5.75 Å². The smallest absolute Gasteiger partial charge is 0.125 e. The van der Waals surface area contributed by atoms with Gasteiger partial charge in [-0.3, -0.25) is 4.90 Å². The van der Waals surface area contributed by atoms with E-state index >= 15 is 0 Å². The van der Waals surface area contributed by atoms with Crippen molar-refractivity contribution < 1.29 is 14.6 Å². The number of β-amino-alcohol motifs (C(OH)–C–C–N with tert-alkyl or cyclic N) is 1. The Kier molecular flexibility index (Phi) is 6.91. The number of nitrogens with zero attached hydrogens (tertiary/aromatic N) is 2. The minimum atomic E-state index is -0.554. The molecule has 27 heavy (non-hydrogen) atoms. The van der Waals surface area contributed by atoms with Crippen molar-refractivity contribution in [1.29, 1.82) is 0 Å². The number of aliphatic hydroxyl groups excluding tert-OH is 1. The first-order valence-corrected chi connectivity index (χ1v) is 9.36. The molecule has 0 radical (unpaired) electrons. The van der Waals surface area contributed by atoms with Crippen LogP contribution in [-0.4, -0.2) is 61.4 Å². The second-order valence-corrected chi connectivity index (χ2v) is 7.00. The molecule has 5 nitrogen and oxygen atoms in total. The lowest BCUT2D eigenvalue weighted by molar-refractivity contribution is 0.0663. The van der Waals surface area contributed by atoms with E-state index in [1.165, 1.54) is 11.8 Å². The second-order valence-electron chi connectivity index (χ2n) is 6.56. The van der Waals surface area contributed by atoms with Crippen molar-refractivity contribution in [3.63, 3.8) is 0 Å². The van der Waals surface area contributed by atoms with Crippen LogP contribution < -0.4 is 9.64 Å². The zero-order chi connectivity index (χ0) is 19.1. The van der Waals surface area contributed by atoms with E-state index < -0.39 is 6.10 Å². The molecule has 1 heterocycles. The van der Waals surface area contributed by atoms with E-state index in [4.69, 9.17) is 16.3 Å². The third kappa shape index (κ3) is 5.84. The van der Waals surface area contributed by atoms with Crippen molar-refractivity contribution in [2.24, 2.45) is 0 Å². The van der Waals surface area contributed by atoms with Crippen molar-refractivity contribution in [1.82, 2.24) is 4.90 Å². The van der Waals surface area contributed by atoms with Crippen LogP contribution in [0.5, 0.6) is 5.75 Å². The van der Waals surface area contributed by atoms with Crippen LogP contribution in [0.3, 0.4) is 0 Å². The van der Waals surface area contributed by atoms with Crippen LogP contribution in [0.25, 0.3) is 6.08 Å². The Morgan fingerprint density at radius 3 is 2.37 bits per heavy atom. The molecule has 1 unspecified atom stereocenters. The first kappa shape index (κ1) is 19.5. The maximum atomic E-state index is 10.3. The highest BCUT2D eigenvalue weighted by molar-refractivity contribution is 6.30. The van der Waals surface area contributed by atoms with Crippen molar-refractivity contribution in [3.05, 3.63) is 59.1 Å². The zero-order valence-corrected chi connectivity index (χ0v) is 15.8.